The zero-order valence-electron chi connectivity index (χ0n) is 15.8. The number of aromatic nitrogens is 3. The molecule has 6 heteroatoms. The van der Waals surface area contributed by atoms with E-state index in [1.165, 1.54) is 0 Å². The molecular weight excluding hydrogens is 340 g/mol. The fourth-order valence-corrected chi connectivity index (χ4v) is 3.76. The van der Waals surface area contributed by atoms with Crippen LogP contribution in [0.4, 0.5) is 0 Å². The zero-order valence-corrected chi connectivity index (χ0v) is 15.8. The molecule has 1 fully saturated rings. The lowest BCUT2D eigenvalue weighted by Crippen LogP contribution is -2.30. The largest absolute Gasteiger partial charge is 0.494 e. The van der Waals surface area contributed by atoms with Crippen LogP contribution in [0.5, 0.6) is 5.75 Å². The highest BCUT2D eigenvalue weighted by Crippen LogP contribution is 2.28. The predicted molar refractivity (Wildman–Crippen MR) is 104 cm³/mol. The predicted octanol–water partition coefficient (Wildman–Crippen LogP) is 2.93. The van der Waals surface area contributed by atoms with Crippen molar-refractivity contribution in [3.63, 3.8) is 0 Å². The molecule has 1 saturated heterocycles. The van der Waals surface area contributed by atoms with E-state index in [1.54, 1.807) is 6.20 Å². The van der Waals surface area contributed by atoms with Crippen LogP contribution in [0, 0.1) is 0 Å². The third-order valence-corrected chi connectivity index (χ3v) is 5.16. The average Bonchev–Trinajstić information content (AvgIpc) is 3.29. The Bertz CT molecular complexity index is 948. The molecule has 6 nitrogen and oxygen atoms in total. The van der Waals surface area contributed by atoms with E-state index in [0.29, 0.717) is 19.6 Å². The molecule has 0 radical (unpaired) electrons. The van der Waals surface area contributed by atoms with E-state index < -0.39 is 0 Å². The van der Waals surface area contributed by atoms with Crippen molar-refractivity contribution in [2.24, 2.45) is 7.05 Å². The van der Waals surface area contributed by atoms with Crippen molar-refractivity contribution < 1.29 is 9.53 Å². The number of aryl methyl sites for hydroxylation is 1. The van der Waals surface area contributed by atoms with Crippen LogP contribution < -0.4 is 4.74 Å². The van der Waals surface area contributed by atoms with Crippen LogP contribution in [0.3, 0.4) is 0 Å². The average molecular weight is 364 g/mol. The van der Waals surface area contributed by atoms with Crippen LogP contribution in [-0.2, 0) is 18.3 Å². The summed E-state index contributed by atoms with van der Waals surface area (Å²) in [5.41, 5.74) is 2.82. The Morgan fingerprint density at radius 1 is 1.26 bits per heavy atom. The van der Waals surface area contributed by atoms with Gasteiger partial charge >= 0.3 is 0 Å². The number of ether oxygens (including phenoxy) is 1. The van der Waals surface area contributed by atoms with Crippen LogP contribution in [-0.4, -0.2) is 45.0 Å². The molecule has 2 aromatic heterocycles. The molecule has 1 aliphatic heterocycles. The van der Waals surface area contributed by atoms with Gasteiger partial charge in [-0.1, -0.05) is 12.1 Å². The number of fused-ring (bicyclic) bond motifs is 1. The molecule has 1 atom stereocenters. The van der Waals surface area contributed by atoms with Crippen molar-refractivity contribution >= 4 is 17.1 Å². The van der Waals surface area contributed by atoms with E-state index in [0.717, 1.165) is 41.3 Å². The molecule has 0 spiro atoms. The van der Waals surface area contributed by atoms with Crippen LogP contribution in [0.2, 0.25) is 0 Å². The molecular formula is C21H24N4O2. The Morgan fingerprint density at radius 3 is 2.81 bits per heavy atom. The second kappa shape index (κ2) is 7.39. The zero-order chi connectivity index (χ0) is 18.8. The number of hydrogen-bond acceptors (Lipinski definition) is 4. The highest BCUT2D eigenvalue weighted by atomic mass is 16.5. The van der Waals surface area contributed by atoms with Gasteiger partial charge < -0.3 is 14.2 Å². The van der Waals surface area contributed by atoms with E-state index in [9.17, 15) is 4.79 Å². The van der Waals surface area contributed by atoms with E-state index >= 15 is 0 Å². The number of rotatable bonds is 5. The number of hydrogen-bond donors (Lipinski definition) is 0. The normalized spacial score (nSPS) is 16.8. The summed E-state index contributed by atoms with van der Waals surface area (Å²) in [4.78, 5) is 23.8. The summed E-state index contributed by atoms with van der Waals surface area (Å²) in [5.74, 6) is 2.28. The highest BCUT2D eigenvalue weighted by molar-refractivity contribution is 5.79. The molecule has 1 amide bonds. The number of pyridine rings is 1. The van der Waals surface area contributed by atoms with E-state index in [1.807, 2.05) is 55.3 Å². The maximum atomic E-state index is 12.7. The van der Waals surface area contributed by atoms with Gasteiger partial charge in [0, 0.05) is 32.3 Å². The summed E-state index contributed by atoms with van der Waals surface area (Å²) in [7, 11) is 2.00. The number of likely N-dealkylation sites (tertiary alicyclic amines) is 1. The van der Waals surface area contributed by atoms with Gasteiger partial charge in [-0.25, -0.2) is 9.97 Å². The van der Waals surface area contributed by atoms with Crippen molar-refractivity contribution in [1.82, 2.24) is 19.4 Å². The maximum Gasteiger partial charge on any atom is 0.227 e. The van der Waals surface area contributed by atoms with Crippen molar-refractivity contribution in [3.05, 3.63) is 54.0 Å². The van der Waals surface area contributed by atoms with E-state index in [-0.39, 0.29) is 11.8 Å². The lowest BCUT2D eigenvalue weighted by molar-refractivity contribution is -0.129. The summed E-state index contributed by atoms with van der Waals surface area (Å²) < 4.78 is 7.51. The standard InChI is InChI=1S/C21H24N4O2/c1-3-27-17-8-6-15(7-9-17)13-19(26)25-12-10-16(14-25)20-23-18-5-4-11-22-21(18)24(20)2/h4-9,11,16H,3,10,12-14H2,1-2H3/t16-/m1/s1. The van der Waals surface area contributed by atoms with E-state index in [2.05, 4.69) is 9.55 Å². The molecule has 3 aromatic rings. The Kier molecular flexibility index (Phi) is 4.79. The van der Waals surface area contributed by atoms with Gasteiger partial charge in [-0.2, -0.15) is 0 Å². The van der Waals surface area contributed by atoms with Gasteiger partial charge in [0.1, 0.15) is 17.1 Å². The van der Waals surface area contributed by atoms with Gasteiger partial charge in [0.15, 0.2) is 5.65 Å². The quantitative estimate of drug-likeness (QED) is 0.698. The van der Waals surface area contributed by atoms with Crippen LogP contribution >= 0.6 is 0 Å². The second-order valence-electron chi connectivity index (χ2n) is 6.95. The first-order valence-electron chi connectivity index (χ1n) is 9.42. The Balaban J connectivity index is 1.42. The number of imidazole rings is 1. The molecule has 0 saturated carbocycles. The first kappa shape index (κ1) is 17.5. The fourth-order valence-electron chi connectivity index (χ4n) is 3.76. The van der Waals surface area contributed by atoms with Crippen molar-refractivity contribution in [2.75, 3.05) is 19.7 Å². The van der Waals surface area contributed by atoms with E-state index in [4.69, 9.17) is 9.72 Å². The van der Waals surface area contributed by atoms with Gasteiger partial charge in [0.2, 0.25) is 5.91 Å². The third-order valence-electron chi connectivity index (χ3n) is 5.16. The number of benzene rings is 1. The minimum Gasteiger partial charge on any atom is -0.494 e. The first-order valence-corrected chi connectivity index (χ1v) is 9.42. The summed E-state index contributed by atoms with van der Waals surface area (Å²) in [6.07, 6.45) is 3.14. The lowest BCUT2D eigenvalue weighted by Gasteiger charge is -2.17. The molecule has 4 rings (SSSR count). The maximum absolute atomic E-state index is 12.7. The van der Waals surface area contributed by atoms with Gasteiger partial charge in [-0.3, -0.25) is 4.79 Å². The Morgan fingerprint density at radius 2 is 2.07 bits per heavy atom. The number of carbonyl (C=O) groups excluding carboxylic acids is 1. The summed E-state index contributed by atoms with van der Waals surface area (Å²) >= 11 is 0. The highest BCUT2D eigenvalue weighted by Gasteiger charge is 2.30. The van der Waals surface area contributed by atoms with Crippen molar-refractivity contribution in [1.29, 1.82) is 0 Å². The Hall–Kier alpha value is -2.89. The van der Waals surface area contributed by atoms with Gasteiger partial charge in [0.25, 0.3) is 0 Å². The number of nitrogens with zero attached hydrogens (tertiary/aromatic N) is 4. The first-order chi connectivity index (χ1) is 13.2. The summed E-state index contributed by atoms with van der Waals surface area (Å²) in [5, 5.41) is 0. The van der Waals surface area contributed by atoms with Gasteiger partial charge in [0.05, 0.1) is 13.0 Å². The second-order valence-corrected chi connectivity index (χ2v) is 6.95. The molecule has 3 heterocycles. The van der Waals surface area contributed by atoms with Gasteiger partial charge in [-0.15, -0.1) is 0 Å². The van der Waals surface area contributed by atoms with Crippen LogP contribution in [0.25, 0.3) is 11.2 Å². The molecule has 0 N–H and O–H groups in total. The molecule has 1 aromatic carbocycles. The van der Waals surface area contributed by atoms with Crippen LogP contribution in [0.15, 0.2) is 42.6 Å². The monoisotopic (exact) mass is 364 g/mol. The molecule has 140 valence electrons. The minimum absolute atomic E-state index is 0.165. The third kappa shape index (κ3) is 3.52. The summed E-state index contributed by atoms with van der Waals surface area (Å²) in [6.45, 7) is 4.09. The van der Waals surface area contributed by atoms with Crippen molar-refractivity contribution in [2.45, 2.75) is 25.7 Å². The molecule has 0 aliphatic carbocycles. The van der Waals surface area contributed by atoms with Gasteiger partial charge in [-0.05, 0) is 43.2 Å². The molecule has 0 unspecified atom stereocenters. The van der Waals surface area contributed by atoms with Crippen molar-refractivity contribution in [3.8, 4) is 5.75 Å². The minimum atomic E-state index is 0.165. The Labute approximate surface area is 158 Å². The number of amides is 1. The smallest absolute Gasteiger partial charge is 0.227 e. The molecule has 1 aliphatic rings. The molecule has 27 heavy (non-hydrogen) atoms. The SMILES string of the molecule is CCOc1ccc(CC(=O)N2CC[C@@H](c3nc4cccnc4n3C)C2)cc1. The fraction of sp³-hybridized carbons (Fsp3) is 0.381. The molecule has 0 bridgehead atoms. The van der Waals surface area contributed by atoms with Crippen LogP contribution in [0.1, 0.15) is 30.7 Å². The summed E-state index contributed by atoms with van der Waals surface area (Å²) in [6, 6.07) is 11.7. The lowest BCUT2D eigenvalue weighted by atomic mass is 10.1. The topological polar surface area (TPSA) is 60.2 Å². The number of carbonyl (C=O) groups is 1.